The van der Waals surface area contributed by atoms with Crippen LogP contribution in [0.3, 0.4) is 0 Å². The van der Waals surface area contributed by atoms with Crippen LogP contribution in [0.4, 0.5) is 0 Å². The third kappa shape index (κ3) is 4.25. The van der Waals surface area contributed by atoms with E-state index in [9.17, 15) is 4.79 Å². The average Bonchev–Trinajstić information content (AvgIpc) is 2.12. The van der Waals surface area contributed by atoms with Crippen molar-refractivity contribution in [2.45, 2.75) is 6.10 Å². The molecule has 1 atom stereocenters. The van der Waals surface area contributed by atoms with Crippen LogP contribution in [0.25, 0.3) is 0 Å². The number of carbonyl (C=O) groups is 1. The van der Waals surface area contributed by atoms with Crippen molar-refractivity contribution < 1.29 is 14.6 Å². The van der Waals surface area contributed by atoms with E-state index in [4.69, 9.17) is 9.84 Å². The summed E-state index contributed by atoms with van der Waals surface area (Å²) in [5.41, 5.74) is 0. The number of hydrogen-bond donors (Lipinski definition) is 2. The van der Waals surface area contributed by atoms with E-state index in [1.807, 2.05) is 7.05 Å². The highest BCUT2D eigenvalue weighted by atomic mass is 16.5. The molecule has 1 aliphatic heterocycles. The van der Waals surface area contributed by atoms with Crippen LogP contribution in [0, 0.1) is 0 Å². The van der Waals surface area contributed by atoms with Crippen LogP contribution in [0.5, 0.6) is 0 Å². The molecule has 0 spiro atoms. The Labute approximate surface area is 83.3 Å². The average molecular weight is 200 g/mol. The Morgan fingerprint density at radius 1 is 1.79 bits per heavy atom. The standard InChI is InChI=1S/C9H16N2O3/c1-11-4-5-14-8(7-11)6-10-3-2-9(12)13/h2-3,8,10H,4-7H2,1H3,(H,12,13)/b3-2+. The molecule has 1 heterocycles. The summed E-state index contributed by atoms with van der Waals surface area (Å²) in [6, 6.07) is 0. The third-order valence-electron chi connectivity index (χ3n) is 2.03. The number of carboxylic acid groups (broad SMARTS) is 1. The Morgan fingerprint density at radius 2 is 2.57 bits per heavy atom. The summed E-state index contributed by atoms with van der Waals surface area (Å²) in [7, 11) is 2.04. The number of ether oxygens (including phenoxy) is 1. The first kappa shape index (κ1) is 11.0. The molecule has 1 unspecified atom stereocenters. The largest absolute Gasteiger partial charge is 0.478 e. The molecule has 1 rings (SSSR count). The van der Waals surface area contributed by atoms with Crippen LogP contribution >= 0.6 is 0 Å². The lowest BCUT2D eigenvalue weighted by atomic mass is 10.3. The van der Waals surface area contributed by atoms with Gasteiger partial charge < -0.3 is 20.1 Å². The maximum atomic E-state index is 10.1. The fourth-order valence-electron chi connectivity index (χ4n) is 1.32. The monoisotopic (exact) mass is 200 g/mol. The molecule has 0 radical (unpaired) electrons. The Hall–Kier alpha value is -1.07. The van der Waals surface area contributed by atoms with Gasteiger partial charge in [-0.3, -0.25) is 0 Å². The first-order valence-corrected chi connectivity index (χ1v) is 4.61. The van der Waals surface area contributed by atoms with Crippen LogP contribution in [-0.4, -0.2) is 55.4 Å². The minimum absolute atomic E-state index is 0.146. The molecule has 0 aliphatic carbocycles. The molecule has 0 saturated carbocycles. The van der Waals surface area contributed by atoms with Gasteiger partial charge in [0.15, 0.2) is 0 Å². The molecule has 80 valence electrons. The van der Waals surface area contributed by atoms with Crippen molar-refractivity contribution in [3.05, 3.63) is 12.3 Å². The van der Waals surface area contributed by atoms with E-state index in [-0.39, 0.29) is 6.10 Å². The van der Waals surface area contributed by atoms with Gasteiger partial charge in [0.2, 0.25) is 0 Å². The number of rotatable bonds is 4. The molecule has 1 saturated heterocycles. The molecule has 0 aromatic rings. The molecule has 1 aliphatic rings. The second-order valence-electron chi connectivity index (χ2n) is 3.33. The highest BCUT2D eigenvalue weighted by Gasteiger charge is 2.16. The van der Waals surface area contributed by atoms with E-state index >= 15 is 0 Å². The van der Waals surface area contributed by atoms with Crippen molar-refractivity contribution in [2.24, 2.45) is 0 Å². The van der Waals surface area contributed by atoms with Gasteiger partial charge in [-0.25, -0.2) is 4.79 Å². The molecule has 1 fully saturated rings. The lowest BCUT2D eigenvalue weighted by Gasteiger charge is -2.29. The molecule has 0 amide bonds. The van der Waals surface area contributed by atoms with Gasteiger partial charge in [0.25, 0.3) is 0 Å². The predicted molar refractivity (Wildman–Crippen MR) is 52.0 cm³/mol. The zero-order valence-electron chi connectivity index (χ0n) is 8.27. The first-order chi connectivity index (χ1) is 6.68. The smallest absolute Gasteiger partial charge is 0.329 e. The van der Waals surface area contributed by atoms with Gasteiger partial charge in [-0.1, -0.05) is 0 Å². The van der Waals surface area contributed by atoms with Gasteiger partial charge in [0.05, 0.1) is 12.7 Å². The minimum Gasteiger partial charge on any atom is -0.478 e. The van der Waals surface area contributed by atoms with Crippen molar-refractivity contribution in [3.8, 4) is 0 Å². The SMILES string of the molecule is CN1CCOC(CN/C=C/C(=O)O)C1. The maximum Gasteiger partial charge on any atom is 0.329 e. The van der Waals surface area contributed by atoms with Crippen molar-refractivity contribution in [2.75, 3.05) is 33.3 Å². The summed E-state index contributed by atoms with van der Waals surface area (Å²) in [5, 5.41) is 11.2. The molecule has 2 N–H and O–H groups in total. The molecule has 0 bridgehead atoms. The Morgan fingerprint density at radius 3 is 3.21 bits per heavy atom. The topological polar surface area (TPSA) is 61.8 Å². The molecule has 14 heavy (non-hydrogen) atoms. The van der Waals surface area contributed by atoms with Gasteiger partial charge in [-0.15, -0.1) is 0 Å². The number of carboxylic acids is 1. The third-order valence-corrected chi connectivity index (χ3v) is 2.03. The van der Waals surface area contributed by atoms with Crippen LogP contribution in [0.15, 0.2) is 12.3 Å². The van der Waals surface area contributed by atoms with E-state index in [1.165, 1.54) is 6.20 Å². The van der Waals surface area contributed by atoms with Crippen molar-refractivity contribution >= 4 is 5.97 Å². The van der Waals surface area contributed by atoms with E-state index in [1.54, 1.807) is 0 Å². The summed E-state index contributed by atoms with van der Waals surface area (Å²) in [6.45, 7) is 3.23. The number of nitrogens with one attached hydrogen (secondary N) is 1. The summed E-state index contributed by atoms with van der Waals surface area (Å²) in [5.74, 6) is -0.945. The van der Waals surface area contributed by atoms with Crippen LogP contribution in [0.2, 0.25) is 0 Å². The fraction of sp³-hybridized carbons (Fsp3) is 0.667. The predicted octanol–water partition coefficient (Wildman–Crippen LogP) is -0.495. The van der Waals surface area contributed by atoms with E-state index in [0.29, 0.717) is 6.54 Å². The number of morpholine rings is 1. The van der Waals surface area contributed by atoms with Crippen molar-refractivity contribution in [1.82, 2.24) is 10.2 Å². The lowest BCUT2D eigenvalue weighted by molar-refractivity contribution is -0.131. The maximum absolute atomic E-state index is 10.1. The number of aliphatic carboxylic acids is 1. The van der Waals surface area contributed by atoms with Gasteiger partial charge in [0, 0.05) is 31.9 Å². The molecule has 0 aromatic carbocycles. The second-order valence-corrected chi connectivity index (χ2v) is 3.33. The van der Waals surface area contributed by atoms with Gasteiger partial charge >= 0.3 is 5.97 Å². The van der Waals surface area contributed by atoms with Gasteiger partial charge in [-0.05, 0) is 7.05 Å². The van der Waals surface area contributed by atoms with Crippen molar-refractivity contribution in [3.63, 3.8) is 0 Å². The zero-order valence-corrected chi connectivity index (χ0v) is 8.27. The van der Waals surface area contributed by atoms with Crippen molar-refractivity contribution in [1.29, 1.82) is 0 Å². The minimum atomic E-state index is -0.945. The normalized spacial score (nSPS) is 23.9. The summed E-state index contributed by atoms with van der Waals surface area (Å²) < 4.78 is 5.47. The Bertz CT molecular complexity index is 218. The Balaban J connectivity index is 2.14. The quantitative estimate of drug-likeness (QED) is 0.599. The van der Waals surface area contributed by atoms with E-state index < -0.39 is 5.97 Å². The summed E-state index contributed by atoms with van der Waals surface area (Å²) in [4.78, 5) is 12.3. The van der Waals surface area contributed by atoms with Crippen LogP contribution in [0.1, 0.15) is 0 Å². The van der Waals surface area contributed by atoms with Gasteiger partial charge in [-0.2, -0.15) is 0 Å². The molecular weight excluding hydrogens is 184 g/mol. The second kappa shape index (κ2) is 5.62. The molecule has 5 nitrogen and oxygen atoms in total. The highest BCUT2D eigenvalue weighted by molar-refractivity contribution is 5.79. The van der Waals surface area contributed by atoms with Crippen LogP contribution < -0.4 is 5.32 Å². The van der Waals surface area contributed by atoms with E-state index in [2.05, 4.69) is 10.2 Å². The number of hydrogen-bond acceptors (Lipinski definition) is 4. The number of likely N-dealkylation sites (N-methyl/N-ethyl adjacent to an activating group) is 1. The number of nitrogens with zero attached hydrogens (tertiary/aromatic N) is 1. The van der Waals surface area contributed by atoms with Crippen LogP contribution in [-0.2, 0) is 9.53 Å². The summed E-state index contributed by atoms with van der Waals surface area (Å²) >= 11 is 0. The summed E-state index contributed by atoms with van der Waals surface area (Å²) in [6.07, 6.45) is 2.65. The van der Waals surface area contributed by atoms with Gasteiger partial charge in [0.1, 0.15) is 0 Å². The fourth-order valence-corrected chi connectivity index (χ4v) is 1.32. The molecule has 5 heteroatoms. The highest BCUT2D eigenvalue weighted by Crippen LogP contribution is 2.01. The first-order valence-electron chi connectivity index (χ1n) is 4.61. The molecule has 0 aromatic heterocycles. The Kier molecular flexibility index (Phi) is 4.42. The zero-order chi connectivity index (χ0) is 10.4. The molecular formula is C9H16N2O3. The lowest BCUT2D eigenvalue weighted by Crippen LogP contribution is -2.44. The van der Waals surface area contributed by atoms with E-state index in [0.717, 1.165) is 25.8 Å².